The summed E-state index contributed by atoms with van der Waals surface area (Å²) >= 11 is 0. The van der Waals surface area contributed by atoms with Crippen molar-refractivity contribution in [3.8, 4) is 12.3 Å². The van der Waals surface area contributed by atoms with Gasteiger partial charge in [-0.25, -0.2) is 0 Å². The summed E-state index contributed by atoms with van der Waals surface area (Å²) in [4.78, 5) is 0. The van der Waals surface area contributed by atoms with E-state index in [2.05, 4.69) is 5.92 Å². The van der Waals surface area contributed by atoms with E-state index in [0.29, 0.717) is 12.8 Å². The minimum absolute atomic E-state index is 0.0112. The first-order valence-corrected chi connectivity index (χ1v) is 5.15. The quantitative estimate of drug-likeness (QED) is 0.709. The van der Waals surface area contributed by atoms with Crippen LogP contribution in [0.1, 0.15) is 32.1 Å². The van der Waals surface area contributed by atoms with Gasteiger partial charge < -0.3 is 5.11 Å². The van der Waals surface area contributed by atoms with Crippen molar-refractivity contribution in [3.05, 3.63) is 0 Å². The fourth-order valence-electron chi connectivity index (χ4n) is 2.30. The van der Waals surface area contributed by atoms with Crippen molar-refractivity contribution in [3.63, 3.8) is 0 Å². The van der Waals surface area contributed by atoms with Crippen LogP contribution in [0.15, 0.2) is 0 Å². The summed E-state index contributed by atoms with van der Waals surface area (Å²) < 4.78 is 37.9. The molecule has 1 aliphatic rings. The summed E-state index contributed by atoms with van der Waals surface area (Å²) in [5, 5.41) is 9.57. The third-order valence-corrected chi connectivity index (χ3v) is 3.06. The molecule has 3 atom stereocenters. The Morgan fingerprint density at radius 2 is 1.93 bits per heavy atom. The zero-order valence-electron chi connectivity index (χ0n) is 8.43. The van der Waals surface area contributed by atoms with Crippen LogP contribution in [-0.4, -0.2) is 17.4 Å². The molecule has 1 rings (SSSR count). The van der Waals surface area contributed by atoms with Gasteiger partial charge in [-0.2, -0.15) is 13.2 Å². The maximum Gasteiger partial charge on any atom is 0.392 e. The summed E-state index contributed by atoms with van der Waals surface area (Å²) in [5.74, 6) is 0.126. The lowest BCUT2D eigenvalue weighted by Crippen LogP contribution is -2.39. The lowest BCUT2D eigenvalue weighted by atomic mass is 9.75. The fourth-order valence-corrected chi connectivity index (χ4v) is 2.30. The highest BCUT2D eigenvalue weighted by atomic mass is 19.4. The van der Waals surface area contributed by atoms with E-state index in [-0.39, 0.29) is 12.8 Å². The molecule has 0 aromatic carbocycles. The first-order chi connectivity index (χ1) is 6.96. The van der Waals surface area contributed by atoms with E-state index < -0.39 is 24.1 Å². The molecule has 0 aromatic rings. The van der Waals surface area contributed by atoms with E-state index in [1.165, 1.54) is 0 Å². The summed E-state index contributed by atoms with van der Waals surface area (Å²) in [6, 6.07) is 0. The summed E-state index contributed by atoms with van der Waals surface area (Å²) in [7, 11) is 0. The Morgan fingerprint density at radius 3 is 2.47 bits per heavy atom. The highest BCUT2D eigenvalue weighted by Crippen LogP contribution is 2.43. The lowest BCUT2D eigenvalue weighted by Gasteiger charge is -2.35. The number of alkyl halides is 3. The van der Waals surface area contributed by atoms with E-state index in [1.807, 2.05) is 0 Å². The highest BCUT2D eigenvalue weighted by Gasteiger charge is 2.47. The first-order valence-electron chi connectivity index (χ1n) is 5.15. The van der Waals surface area contributed by atoms with Crippen molar-refractivity contribution in [2.75, 3.05) is 0 Å². The Labute approximate surface area is 87.7 Å². The van der Waals surface area contributed by atoms with E-state index in [0.717, 1.165) is 6.42 Å². The molecule has 0 aliphatic heterocycles. The predicted molar refractivity (Wildman–Crippen MR) is 51.0 cm³/mol. The Balaban J connectivity index is 2.70. The van der Waals surface area contributed by atoms with Crippen LogP contribution in [0.25, 0.3) is 0 Å². The van der Waals surface area contributed by atoms with Crippen molar-refractivity contribution in [1.29, 1.82) is 0 Å². The van der Waals surface area contributed by atoms with Crippen molar-refractivity contribution in [1.82, 2.24) is 0 Å². The molecule has 1 aliphatic carbocycles. The van der Waals surface area contributed by atoms with E-state index >= 15 is 0 Å². The van der Waals surface area contributed by atoms with Crippen molar-refractivity contribution in [2.45, 2.75) is 44.4 Å². The zero-order chi connectivity index (χ0) is 11.5. The second-order valence-corrected chi connectivity index (χ2v) is 4.07. The normalized spacial score (nSPS) is 29.5. The van der Waals surface area contributed by atoms with Crippen LogP contribution < -0.4 is 0 Å². The molecule has 0 heterocycles. The van der Waals surface area contributed by atoms with Crippen molar-refractivity contribution in [2.24, 2.45) is 11.8 Å². The van der Waals surface area contributed by atoms with Crippen molar-refractivity contribution < 1.29 is 18.3 Å². The number of aliphatic hydroxyl groups excluding tert-OH is 1. The minimum Gasteiger partial charge on any atom is -0.392 e. The van der Waals surface area contributed by atoms with Crippen LogP contribution in [0.5, 0.6) is 0 Å². The molecule has 3 unspecified atom stereocenters. The molecule has 0 radical (unpaired) electrons. The van der Waals surface area contributed by atoms with E-state index in [9.17, 15) is 18.3 Å². The van der Waals surface area contributed by atoms with Crippen LogP contribution in [0, 0.1) is 24.2 Å². The molecule has 0 amide bonds. The third-order valence-electron chi connectivity index (χ3n) is 3.06. The largest absolute Gasteiger partial charge is 0.392 e. The van der Waals surface area contributed by atoms with Gasteiger partial charge in [0.2, 0.25) is 0 Å². The second kappa shape index (κ2) is 4.89. The summed E-state index contributed by atoms with van der Waals surface area (Å²) in [6.45, 7) is 0. The van der Waals surface area contributed by atoms with Gasteiger partial charge in [0.15, 0.2) is 0 Å². The van der Waals surface area contributed by atoms with Crippen LogP contribution in [0.4, 0.5) is 13.2 Å². The van der Waals surface area contributed by atoms with Gasteiger partial charge in [0.1, 0.15) is 0 Å². The summed E-state index contributed by atoms with van der Waals surface area (Å²) in [6.07, 6.45) is 1.67. The number of hydrogen-bond donors (Lipinski definition) is 1. The Kier molecular flexibility index (Phi) is 4.04. The van der Waals surface area contributed by atoms with Gasteiger partial charge in [0.05, 0.1) is 12.0 Å². The van der Waals surface area contributed by atoms with Gasteiger partial charge in [0.25, 0.3) is 0 Å². The van der Waals surface area contributed by atoms with Gasteiger partial charge in [-0.3, -0.25) is 0 Å². The average molecular weight is 220 g/mol. The van der Waals surface area contributed by atoms with Crippen LogP contribution in [-0.2, 0) is 0 Å². The zero-order valence-corrected chi connectivity index (χ0v) is 8.43. The SMILES string of the molecule is C#CCC(O)C1CCCCC1C(F)(F)F. The van der Waals surface area contributed by atoms with E-state index in [4.69, 9.17) is 6.42 Å². The molecule has 86 valence electrons. The second-order valence-electron chi connectivity index (χ2n) is 4.07. The highest BCUT2D eigenvalue weighted by molar-refractivity contribution is 4.93. The smallest absolute Gasteiger partial charge is 0.392 e. The number of hydrogen-bond acceptors (Lipinski definition) is 1. The molecule has 1 fully saturated rings. The van der Waals surface area contributed by atoms with Crippen LogP contribution in [0.3, 0.4) is 0 Å². The Hall–Kier alpha value is -0.690. The first kappa shape index (κ1) is 12.4. The van der Waals surface area contributed by atoms with Crippen LogP contribution in [0.2, 0.25) is 0 Å². The monoisotopic (exact) mass is 220 g/mol. The number of terminal acetylenes is 1. The molecule has 0 saturated heterocycles. The topological polar surface area (TPSA) is 20.2 Å². The lowest BCUT2D eigenvalue weighted by molar-refractivity contribution is -0.206. The standard InChI is InChI=1S/C11H15F3O/c1-2-5-10(15)8-6-3-4-7-9(8)11(12,13)14/h1,8-10,15H,3-7H2. The molecule has 0 aromatic heterocycles. The van der Waals surface area contributed by atoms with Gasteiger partial charge in [-0.15, -0.1) is 12.3 Å². The average Bonchev–Trinajstić information content (AvgIpc) is 2.17. The molecule has 1 nitrogen and oxygen atoms in total. The Morgan fingerprint density at radius 1 is 1.33 bits per heavy atom. The third kappa shape index (κ3) is 3.13. The molecule has 15 heavy (non-hydrogen) atoms. The van der Waals surface area contributed by atoms with Crippen molar-refractivity contribution >= 4 is 0 Å². The Bertz CT molecular complexity index is 241. The van der Waals surface area contributed by atoms with Gasteiger partial charge in [-0.1, -0.05) is 12.8 Å². The number of rotatable bonds is 2. The van der Waals surface area contributed by atoms with Crippen LogP contribution >= 0.6 is 0 Å². The molecule has 1 N–H and O–H groups in total. The molecule has 0 spiro atoms. The van der Waals surface area contributed by atoms with E-state index in [1.54, 1.807) is 0 Å². The molecule has 1 saturated carbocycles. The molecule has 0 bridgehead atoms. The molecule has 4 heteroatoms. The van der Waals surface area contributed by atoms with Gasteiger partial charge >= 0.3 is 6.18 Å². The van der Waals surface area contributed by atoms with Gasteiger partial charge in [0, 0.05) is 6.42 Å². The summed E-state index contributed by atoms with van der Waals surface area (Å²) in [5.41, 5.74) is 0. The van der Waals surface area contributed by atoms with Gasteiger partial charge in [-0.05, 0) is 18.8 Å². The fraction of sp³-hybridized carbons (Fsp3) is 0.818. The molecular weight excluding hydrogens is 205 g/mol. The number of halogens is 3. The maximum atomic E-state index is 12.6. The predicted octanol–water partition coefficient (Wildman–Crippen LogP) is 2.74. The maximum absolute atomic E-state index is 12.6. The molecular formula is C11H15F3O. The number of aliphatic hydroxyl groups is 1. The minimum atomic E-state index is -4.21.